The summed E-state index contributed by atoms with van der Waals surface area (Å²) in [6.45, 7) is 6.14. The number of halogens is 2. The Hall–Kier alpha value is -0.810. The molecule has 0 atom stereocenters. The smallest absolute Gasteiger partial charge is 0.225 e. The third-order valence-electron chi connectivity index (χ3n) is 5.91. The molecular formula is C21H35Cl2N3O. The van der Waals surface area contributed by atoms with Crippen molar-refractivity contribution in [1.29, 1.82) is 0 Å². The Bertz CT molecular complexity index is 527. The van der Waals surface area contributed by atoms with Crippen LogP contribution in [0.4, 0.5) is 0 Å². The number of carbonyl (C=O) groups excluding carboxylic acids is 1. The molecule has 0 aliphatic carbocycles. The summed E-state index contributed by atoms with van der Waals surface area (Å²) in [4.78, 5) is 17.5. The number of nitrogens with zero attached hydrogens (tertiary/aromatic N) is 2. The predicted molar refractivity (Wildman–Crippen MR) is 117 cm³/mol. The molecule has 0 aromatic heterocycles. The van der Waals surface area contributed by atoms with Crippen LogP contribution < -0.4 is 5.32 Å². The molecule has 4 nitrogen and oxygen atoms in total. The molecule has 1 aromatic carbocycles. The maximum Gasteiger partial charge on any atom is 0.225 e. The highest BCUT2D eigenvalue weighted by atomic mass is 35.5. The molecule has 2 saturated heterocycles. The molecule has 0 saturated carbocycles. The van der Waals surface area contributed by atoms with Crippen LogP contribution in [0, 0.1) is 11.8 Å². The van der Waals surface area contributed by atoms with Crippen molar-refractivity contribution in [1.82, 2.24) is 15.1 Å². The first-order valence-electron chi connectivity index (χ1n) is 9.96. The van der Waals surface area contributed by atoms with Gasteiger partial charge in [-0.2, -0.15) is 0 Å². The zero-order chi connectivity index (χ0) is 17.5. The second-order valence-electron chi connectivity index (χ2n) is 7.70. The van der Waals surface area contributed by atoms with Gasteiger partial charge in [0.25, 0.3) is 0 Å². The highest BCUT2D eigenvalue weighted by molar-refractivity contribution is 5.85. The van der Waals surface area contributed by atoms with Crippen molar-refractivity contribution >= 4 is 30.7 Å². The van der Waals surface area contributed by atoms with Crippen molar-refractivity contribution in [3.63, 3.8) is 0 Å². The lowest BCUT2D eigenvalue weighted by Gasteiger charge is -2.37. The van der Waals surface area contributed by atoms with Gasteiger partial charge < -0.3 is 10.2 Å². The number of piperidine rings is 2. The summed E-state index contributed by atoms with van der Waals surface area (Å²) in [6, 6.07) is 10.7. The summed E-state index contributed by atoms with van der Waals surface area (Å²) in [5, 5.41) is 3.24. The number of benzene rings is 1. The number of hydrogen-bond acceptors (Lipinski definition) is 3. The Kier molecular flexibility index (Phi) is 11.3. The van der Waals surface area contributed by atoms with Gasteiger partial charge in [0.1, 0.15) is 0 Å². The molecule has 2 aliphatic rings. The molecule has 2 fully saturated rings. The van der Waals surface area contributed by atoms with Crippen LogP contribution in [-0.2, 0) is 11.3 Å². The number of nitrogens with one attached hydrogen (secondary N) is 1. The van der Waals surface area contributed by atoms with Crippen molar-refractivity contribution in [3.05, 3.63) is 35.9 Å². The van der Waals surface area contributed by atoms with Gasteiger partial charge in [0.2, 0.25) is 5.91 Å². The van der Waals surface area contributed by atoms with Gasteiger partial charge in [-0.25, -0.2) is 0 Å². The standard InChI is InChI=1S/C21H33N3O.2ClH/c1-22-12-7-18-8-15-24(16-9-18)21(25)20-10-13-23(14-11-20)17-19-5-3-2-4-6-19;;/h2-6,18,20,22H,7-17H2,1H3;2*1H. The number of hydrogen-bond donors (Lipinski definition) is 1. The minimum atomic E-state index is 0. The highest BCUT2D eigenvalue weighted by Gasteiger charge is 2.30. The van der Waals surface area contributed by atoms with E-state index in [1.807, 2.05) is 7.05 Å². The second-order valence-corrected chi connectivity index (χ2v) is 7.70. The van der Waals surface area contributed by atoms with E-state index in [1.165, 1.54) is 24.8 Å². The lowest BCUT2D eigenvalue weighted by molar-refractivity contribution is -0.138. The van der Waals surface area contributed by atoms with E-state index < -0.39 is 0 Å². The monoisotopic (exact) mass is 415 g/mol. The van der Waals surface area contributed by atoms with E-state index in [2.05, 4.69) is 45.4 Å². The normalized spacial score (nSPS) is 19.2. The molecule has 27 heavy (non-hydrogen) atoms. The highest BCUT2D eigenvalue weighted by Crippen LogP contribution is 2.25. The van der Waals surface area contributed by atoms with Crippen LogP contribution in [0.15, 0.2) is 30.3 Å². The van der Waals surface area contributed by atoms with E-state index in [4.69, 9.17) is 0 Å². The fourth-order valence-corrected chi connectivity index (χ4v) is 4.23. The number of likely N-dealkylation sites (tertiary alicyclic amines) is 2. The van der Waals surface area contributed by atoms with Gasteiger partial charge in [-0.1, -0.05) is 30.3 Å². The average Bonchev–Trinajstić information content (AvgIpc) is 2.68. The Labute approximate surface area is 176 Å². The first-order chi connectivity index (χ1) is 12.3. The summed E-state index contributed by atoms with van der Waals surface area (Å²) in [5.74, 6) is 1.47. The third kappa shape index (κ3) is 7.26. The van der Waals surface area contributed by atoms with Gasteiger partial charge in [0.15, 0.2) is 0 Å². The third-order valence-corrected chi connectivity index (χ3v) is 5.91. The lowest BCUT2D eigenvalue weighted by Crippen LogP contribution is -2.45. The van der Waals surface area contributed by atoms with Gasteiger partial charge in [-0.15, -0.1) is 24.8 Å². The second kappa shape index (κ2) is 12.6. The quantitative estimate of drug-likeness (QED) is 0.770. The molecule has 0 spiro atoms. The molecule has 154 valence electrons. The van der Waals surface area contributed by atoms with Gasteiger partial charge in [-0.3, -0.25) is 9.69 Å². The number of carbonyl (C=O) groups is 1. The average molecular weight is 416 g/mol. The summed E-state index contributed by atoms with van der Waals surface area (Å²) < 4.78 is 0. The van der Waals surface area contributed by atoms with Gasteiger partial charge in [0.05, 0.1) is 0 Å². The molecule has 0 radical (unpaired) electrons. The van der Waals surface area contributed by atoms with Gasteiger partial charge >= 0.3 is 0 Å². The summed E-state index contributed by atoms with van der Waals surface area (Å²) in [6.07, 6.45) is 5.65. The van der Waals surface area contributed by atoms with Crippen LogP contribution in [0.1, 0.15) is 37.7 Å². The zero-order valence-corrected chi connectivity index (χ0v) is 18.1. The van der Waals surface area contributed by atoms with E-state index in [0.717, 1.165) is 58.0 Å². The van der Waals surface area contributed by atoms with Gasteiger partial charge in [0, 0.05) is 25.6 Å². The van der Waals surface area contributed by atoms with E-state index in [9.17, 15) is 4.79 Å². The number of rotatable bonds is 6. The van der Waals surface area contributed by atoms with Crippen molar-refractivity contribution in [2.24, 2.45) is 11.8 Å². The molecule has 0 unspecified atom stereocenters. The van der Waals surface area contributed by atoms with Crippen molar-refractivity contribution < 1.29 is 4.79 Å². The summed E-state index contributed by atoms with van der Waals surface area (Å²) in [5.41, 5.74) is 1.37. The predicted octanol–water partition coefficient (Wildman–Crippen LogP) is 3.59. The zero-order valence-electron chi connectivity index (χ0n) is 16.4. The summed E-state index contributed by atoms with van der Waals surface area (Å²) >= 11 is 0. The lowest BCUT2D eigenvalue weighted by atomic mass is 9.90. The van der Waals surface area contributed by atoms with Crippen LogP contribution in [-0.4, -0.2) is 55.5 Å². The SMILES string of the molecule is CNCCC1CCN(C(=O)C2CCN(Cc3ccccc3)CC2)CC1.Cl.Cl. The molecule has 1 N–H and O–H groups in total. The Morgan fingerprint density at radius 2 is 1.63 bits per heavy atom. The van der Waals surface area contributed by atoms with E-state index >= 15 is 0 Å². The van der Waals surface area contributed by atoms with E-state index in [1.54, 1.807) is 0 Å². The molecule has 2 aliphatic heterocycles. The topological polar surface area (TPSA) is 35.6 Å². The minimum Gasteiger partial charge on any atom is -0.342 e. The van der Waals surface area contributed by atoms with Gasteiger partial charge in [-0.05, 0) is 70.3 Å². The first kappa shape index (κ1) is 24.2. The molecule has 3 rings (SSSR count). The van der Waals surface area contributed by atoms with Crippen molar-refractivity contribution in [3.8, 4) is 0 Å². The molecule has 2 heterocycles. The van der Waals surface area contributed by atoms with Crippen molar-refractivity contribution in [2.75, 3.05) is 39.8 Å². The molecule has 0 bridgehead atoms. The molecular weight excluding hydrogens is 381 g/mol. The fraction of sp³-hybridized carbons (Fsp3) is 0.667. The van der Waals surface area contributed by atoms with E-state index in [-0.39, 0.29) is 30.7 Å². The molecule has 1 aromatic rings. The van der Waals surface area contributed by atoms with Crippen LogP contribution in [0.2, 0.25) is 0 Å². The Balaban J connectivity index is 0.00000182. The Morgan fingerprint density at radius 3 is 2.22 bits per heavy atom. The Morgan fingerprint density at radius 1 is 1.00 bits per heavy atom. The van der Waals surface area contributed by atoms with E-state index in [0.29, 0.717) is 5.91 Å². The van der Waals surface area contributed by atoms with Crippen molar-refractivity contribution in [2.45, 2.75) is 38.6 Å². The van der Waals surface area contributed by atoms with Crippen LogP contribution >= 0.6 is 24.8 Å². The molecule has 6 heteroatoms. The largest absolute Gasteiger partial charge is 0.342 e. The van der Waals surface area contributed by atoms with Crippen LogP contribution in [0.3, 0.4) is 0 Å². The first-order valence-corrected chi connectivity index (χ1v) is 9.96. The molecule has 1 amide bonds. The van der Waals surface area contributed by atoms with Crippen LogP contribution in [0.25, 0.3) is 0 Å². The summed E-state index contributed by atoms with van der Waals surface area (Å²) in [7, 11) is 2.02. The maximum atomic E-state index is 12.8. The fourth-order valence-electron chi connectivity index (χ4n) is 4.23. The minimum absolute atomic E-state index is 0. The maximum absolute atomic E-state index is 12.8. The number of amides is 1. The van der Waals surface area contributed by atoms with Crippen LogP contribution in [0.5, 0.6) is 0 Å².